The van der Waals surface area contributed by atoms with Gasteiger partial charge in [-0.1, -0.05) is 36.4 Å². The predicted molar refractivity (Wildman–Crippen MR) is 131 cm³/mol. The first-order valence-electron chi connectivity index (χ1n) is 11.3. The van der Waals surface area contributed by atoms with E-state index in [1.54, 1.807) is 46.0 Å². The molecule has 35 heavy (non-hydrogen) atoms. The standard InChI is InChI=1S/C27H22FN5O2/c28-20-10-8-19(9-11-20)18-33-24-7-2-1-5-21(24)25(22(17-29)26(33)34)31-13-15-32(16-14-31)27(35)23-6-3-4-12-30-23/h1-12H,13-16,18H2. The number of fused-ring (bicyclic) bond motifs is 1. The third-order valence-electron chi connectivity index (χ3n) is 6.28. The smallest absolute Gasteiger partial charge is 0.272 e. The van der Waals surface area contributed by atoms with Crippen molar-refractivity contribution in [1.29, 1.82) is 5.26 Å². The van der Waals surface area contributed by atoms with E-state index in [2.05, 4.69) is 11.1 Å². The number of amides is 1. The van der Waals surface area contributed by atoms with Crippen molar-refractivity contribution in [2.45, 2.75) is 6.54 Å². The van der Waals surface area contributed by atoms with Gasteiger partial charge in [0.25, 0.3) is 11.5 Å². The summed E-state index contributed by atoms with van der Waals surface area (Å²) in [5.74, 6) is -0.481. The second-order valence-corrected chi connectivity index (χ2v) is 8.36. The van der Waals surface area contributed by atoms with Crippen molar-refractivity contribution in [3.05, 3.63) is 106 Å². The quantitative estimate of drug-likeness (QED) is 0.459. The van der Waals surface area contributed by atoms with Crippen LogP contribution in [-0.2, 0) is 6.54 Å². The predicted octanol–water partition coefficient (Wildman–Crippen LogP) is 3.42. The topological polar surface area (TPSA) is 82.2 Å². The molecule has 5 rings (SSSR count). The van der Waals surface area contributed by atoms with E-state index in [0.717, 1.165) is 10.9 Å². The van der Waals surface area contributed by atoms with E-state index in [9.17, 15) is 19.2 Å². The molecule has 0 spiro atoms. The van der Waals surface area contributed by atoms with Crippen molar-refractivity contribution in [2.75, 3.05) is 31.1 Å². The molecule has 1 aliphatic rings. The Bertz CT molecular complexity index is 1480. The molecule has 4 aromatic rings. The van der Waals surface area contributed by atoms with Gasteiger partial charge in [-0.05, 0) is 35.9 Å². The maximum absolute atomic E-state index is 13.5. The van der Waals surface area contributed by atoms with Crippen molar-refractivity contribution < 1.29 is 9.18 Å². The zero-order valence-corrected chi connectivity index (χ0v) is 18.9. The number of anilines is 1. The molecule has 1 amide bonds. The molecule has 1 aliphatic heterocycles. The number of para-hydroxylation sites is 1. The van der Waals surface area contributed by atoms with Crippen LogP contribution in [0.15, 0.2) is 77.7 Å². The molecule has 2 aromatic carbocycles. The lowest BCUT2D eigenvalue weighted by Gasteiger charge is -2.37. The average Bonchev–Trinajstić information content (AvgIpc) is 2.91. The second kappa shape index (κ2) is 9.39. The molecule has 2 aromatic heterocycles. The van der Waals surface area contributed by atoms with Gasteiger partial charge in [-0.3, -0.25) is 14.6 Å². The molecule has 0 saturated carbocycles. The molecule has 0 bridgehead atoms. The number of nitrogens with zero attached hydrogens (tertiary/aromatic N) is 5. The molecule has 8 heteroatoms. The van der Waals surface area contributed by atoms with E-state index < -0.39 is 5.56 Å². The fraction of sp³-hybridized carbons (Fsp3) is 0.185. The summed E-state index contributed by atoms with van der Waals surface area (Å²) in [5, 5.41) is 10.8. The van der Waals surface area contributed by atoms with Gasteiger partial charge in [0.15, 0.2) is 0 Å². The van der Waals surface area contributed by atoms with Gasteiger partial charge in [-0.15, -0.1) is 0 Å². The minimum Gasteiger partial charge on any atom is -0.366 e. The van der Waals surface area contributed by atoms with Gasteiger partial charge in [-0.2, -0.15) is 5.26 Å². The average molecular weight is 468 g/mol. The maximum atomic E-state index is 13.5. The van der Waals surface area contributed by atoms with Gasteiger partial charge in [0.2, 0.25) is 0 Å². The molecule has 3 heterocycles. The summed E-state index contributed by atoms with van der Waals surface area (Å²) in [7, 11) is 0. The Hall–Kier alpha value is -4.51. The monoisotopic (exact) mass is 467 g/mol. The second-order valence-electron chi connectivity index (χ2n) is 8.36. The van der Waals surface area contributed by atoms with E-state index in [1.807, 2.05) is 29.2 Å². The lowest BCUT2D eigenvalue weighted by Crippen LogP contribution is -2.49. The summed E-state index contributed by atoms with van der Waals surface area (Å²) in [6.07, 6.45) is 1.59. The fourth-order valence-electron chi connectivity index (χ4n) is 4.53. The van der Waals surface area contributed by atoms with Gasteiger partial charge in [0.1, 0.15) is 23.1 Å². The summed E-state index contributed by atoms with van der Waals surface area (Å²) in [6.45, 7) is 2.10. The molecule has 0 aliphatic carbocycles. The van der Waals surface area contributed by atoms with Gasteiger partial charge in [-0.25, -0.2) is 4.39 Å². The Morgan fingerprint density at radius 3 is 2.37 bits per heavy atom. The normalized spacial score (nSPS) is 13.6. The Morgan fingerprint density at radius 2 is 1.69 bits per heavy atom. The molecule has 0 unspecified atom stereocenters. The first kappa shape index (κ1) is 22.3. The molecule has 0 N–H and O–H groups in total. The maximum Gasteiger partial charge on any atom is 0.272 e. The summed E-state index contributed by atoms with van der Waals surface area (Å²) >= 11 is 0. The highest BCUT2D eigenvalue weighted by atomic mass is 19.1. The van der Waals surface area contributed by atoms with Crippen molar-refractivity contribution in [3.8, 4) is 6.07 Å². The molecule has 1 saturated heterocycles. The number of nitriles is 1. The zero-order chi connectivity index (χ0) is 24.4. The van der Waals surface area contributed by atoms with Crippen LogP contribution in [0.4, 0.5) is 10.1 Å². The number of halogens is 1. The summed E-state index contributed by atoms with van der Waals surface area (Å²) in [4.78, 5) is 34.2. The number of carbonyl (C=O) groups excluding carboxylic acids is 1. The third kappa shape index (κ3) is 4.24. The number of carbonyl (C=O) groups is 1. The Labute approximate surface area is 201 Å². The Balaban J connectivity index is 1.50. The van der Waals surface area contributed by atoms with Gasteiger partial charge >= 0.3 is 0 Å². The summed E-state index contributed by atoms with van der Waals surface area (Å²) in [6, 6.07) is 20.8. The highest BCUT2D eigenvalue weighted by Crippen LogP contribution is 2.30. The van der Waals surface area contributed by atoms with Crippen molar-refractivity contribution in [1.82, 2.24) is 14.5 Å². The van der Waals surface area contributed by atoms with Crippen molar-refractivity contribution in [2.24, 2.45) is 0 Å². The van der Waals surface area contributed by atoms with Crippen LogP contribution in [0.25, 0.3) is 10.9 Å². The summed E-state index contributed by atoms with van der Waals surface area (Å²) in [5.41, 5.74) is 2.12. The minimum absolute atomic E-state index is 0.0651. The largest absolute Gasteiger partial charge is 0.366 e. The van der Waals surface area contributed by atoms with E-state index in [1.165, 1.54) is 12.1 Å². The molecule has 1 fully saturated rings. The van der Waals surface area contributed by atoms with Crippen LogP contribution in [0, 0.1) is 17.1 Å². The molecule has 0 atom stereocenters. The van der Waals surface area contributed by atoms with Crippen molar-refractivity contribution in [3.63, 3.8) is 0 Å². The molecule has 0 radical (unpaired) electrons. The first-order chi connectivity index (χ1) is 17.1. The van der Waals surface area contributed by atoms with Crippen molar-refractivity contribution >= 4 is 22.5 Å². The van der Waals surface area contributed by atoms with Crippen LogP contribution < -0.4 is 10.5 Å². The van der Waals surface area contributed by atoms with Gasteiger partial charge < -0.3 is 14.4 Å². The van der Waals surface area contributed by atoms with E-state index in [0.29, 0.717) is 43.1 Å². The number of benzene rings is 2. The number of pyridine rings is 2. The fourth-order valence-corrected chi connectivity index (χ4v) is 4.53. The lowest BCUT2D eigenvalue weighted by molar-refractivity contribution is 0.0741. The Kier molecular flexibility index (Phi) is 5.98. The van der Waals surface area contributed by atoms with Crippen LogP contribution >= 0.6 is 0 Å². The molecule has 174 valence electrons. The molecular weight excluding hydrogens is 445 g/mol. The SMILES string of the molecule is N#Cc1c(N2CCN(C(=O)c3ccccn3)CC2)c2ccccc2n(Cc2ccc(F)cc2)c1=O. The lowest BCUT2D eigenvalue weighted by atomic mass is 10.1. The minimum atomic E-state index is -0.391. The van der Waals surface area contributed by atoms with E-state index in [4.69, 9.17) is 0 Å². The van der Waals surface area contributed by atoms with Gasteiger partial charge in [0, 0.05) is 37.8 Å². The first-order valence-corrected chi connectivity index (χ1v) is 11.3. The third-order valence-corrected chi connectivity index (χ3v) is 6.28. The van der Waals surface area contributed by atoms with Crippen LogP contribution in [0.1, 0.15) is 21.6 Å². The number of hydrogen-bond acceptors (Lipinski definition) is 5. The van der Waals surface area contributed by atoms with Crippen LogP contribution in [0.2, 0.25) is 0 Å². The molecule has 7 nitrogen and oxygen atoms in total. The van der Waals surface area contributed by atoms with Gasteiger partial charge in [0.05, 0.1) is 17.7 Å². The zero-order valence-electron chi connectivity index (χ0n) is 18.9. The highest BCUT2D eigenvalue weighted by molar-refractivity contribution is 5.95. The number of piperazine rings is 1. The van der Waals surface area contributed by atoms with Crippen LogP contribution in [0.5, 0.6) is 0 Å². The molecular formula is C27H22FN5O2. The van der Waals surface area contributed by atoms with E-state index in [-0.39, 0.29) is 23.8 Å². The number of rotatable bonds is 4. The van der Waals surface area contributed by atoms with E-state index >= 15 is 0 Å². The number of hydrogen-bond donors (Lipinski definition) is 0. The highest BCUT2D eigenvalue weighted by Gasteiger charge is 2.27. The van der Waals surface area contributed by atoms with Crippen LogP contribution in [0.3, 0.4) is 0 Å². The number of aromatic nitrogens is 2. The van der Waals surface area contributed by atoms with Crippen LogP contribution in [-0.4, -0.2) is 46.5 Å². The summed E-state index contributed by atoms with van der Waals surface area (Å²) < 4.78 is 14.9. The Morgan fingerprint density at radius 1 is 0.971 bits per heavy atom.